The Morgan fingerprint density at radius 2 is 1.71 bits per heavy atom. The minimum absolute atomic E-state index is 0.0371. The predicted octanol–water partition coefficient (Wildman–Crippen LogP) is 4.16. The summed E-state index contributed by atoms with van der Waals surface area (Å²) in [5.41, 5.74) is -1.68. The number of halogens is 6. The molecule has 0 saturated carbocycles. The lowest BCUT2D eigenvalue weighted by Crippen LogP contribution is -2.24. The Labute approximate surface area is 155 Å². The van der Waals surface area contributed by atoms with Gasteiger partial charge in [0.05, 0.1) is 16.9 Å². The van der Waals surface area contributed by atoms with E-state index >= 15 is 0 Å². The summed E-state index contributed by atoms with van der Waals surface area (Å²) < 4.78 is 77.6. The van der Waals surface area contributed by atoms with Crippen LogP contribution in [0.5, 0.6) is 0 Å². The van der Waals surface area contributed by atoms with Crippen LogP contribution in [0.3, 0.4) is 0 Å². The van der Waals surface area contributed by atoms with Gasteiger partial charge >= 0.3 is 12.4 Å². The number of alkyl halides is 6. The van der Waals surface area contributed by atoms with Gasteiger partial charge in [-0.15, -0.1) is 0 Å². The summed E-state index contributed by atoms with van der Waals surface area (Å²) in [6.07, 6.45) is -6.50. The molecule has 1 aliphatic heterocycles. The highest BCUT2D eigenvalue weighted by Gasteiger charge is 2.34. The Balaban J connectivity index is 1.80. The zero-order chi connectivity index (χ0) is 20.5. The lowest BCUT2D eigenvalue weighted by atomic mass is 10.1. The van der Waals surface area contributed by atoms with Crippen LogP contribution in [0.4, 0.5) is 37.7 Å². The maximum Gasteiger partial charge on any atom is 0.435 e. The fourth-order valence-corrected chi connectivity index (χ4v) is 2.98. The van der Waals surface area contributed by atoms with Crippen LogP contribution in [0, 0.1) is 0 Å². The van der Waals surface area contributed by atoms with Gasteiger partial charge in [-0.05, 0) is 37.1 Å². The lowest BCUT2D eigenvalue weighted by Gasteiger charge is -2.23. The number of nitrogens with zero attached hydrogens (tertiary/aromatic N) is 3. The molecule has 5 nitrogen and oxygen atoms in total. The second-order valence-corrected chi connectivity index (χ2v) is 6.37. The maximum absolute atomic E-state index is 13.0. The molecule has 0 spiro atoms. The third-order valence-electron chi connectivity index (χ3n) is 4.28. The molecule has 3 rings (SSSR count). The average Bonchev–Trinajstić information content (AvgIpc) is 3.24. The molecule has 1 saturated heterocycles. The molecule has 1 aromatic carbocycles. The average molecular weight is 406 g/mol. The van der Waals surface area contributed by atoms with E-state index in [4.69, 9.17) is 0 Å². The van der Waals surface area contributed by atoms with Gasteiger partial charge in [0.15, 0.2) is 5.69 Å². The first-order chi connectivity index (χ1) is 13.0. The number of hydrogen-bond donors (Lipinski definition) is 1. The van der Waals surface area contributed by atoms with Crippen molar-refractivity contribution in [2.24, 2.45) is 0 Å². The van der Waals surface area contributed by atoms with Crippen molar-refractivity contribution in [2.45, 2.75) is 31.7 Å². The molecule has 1 fully saturated rings. The van der Waals surface area contributed by atoms with E-state index in [9.17, 15) is 31.1 Å². The Morgan fingerprint density at radius 3 is 2.29 bits per heavy atom. The fourth-order valence-electron chi connectivity index (χ4n) is 2.98. The molecule has 1 aromatic heterocycles. The van der Waals surface area contributed by atoms with Crippen molar-refractivity contribution < 1.29 is 31.1 Å². The summed E-state index contributed by atoms with van der Waals surface area (Å²) in [5, 5.41) is 5.63. The van der Waals surface area contributed by atoms with E-state index in [1.165, 1.54) is 6.07 Å². The minimum Gasteiger partial charge on any atom is -0.370 e. The molecule has 2 aromatic rings. The van der Waals surface area contributed by atoms with Crippen molar-refractivity contribution >= 4 is 17.3 Å². The summed E-state index contributed by atoms with van der Waals surface area (Å²) in [7, 11) is 0. The van der Waals surface area contributed by atoms with Gasteiger partial charge in [-0.2, -0.15) is 31.4 Å². The van der Waals surface area contributed by atoms with Crippen LogP contribution in [0.2, 0.25) is 0 Å². The Morgan fingerprint density at radius 1 is 1.04 bits per heavy atom. The van der Waals surface area contributed by atoms with Crippen molar-refractivity contribution in [1.82, 2.24) is 9.78 Å². The Kier molecular flexibility index (Phi) is 5.26. The number of carbonyl (C=O) groups is 1. The van der Waals surface area contributed by atoms with Gasteiger partial charge in [-0.1, -0.05) is 0 Å². The van der Waals surface area contributed by atoms with Gasteiger partial charge in [-0.3, -0.25) is 9.48 Å². The van der Waals surface area contributed by atoms with E-state index in [1.807, 2.05) is 4.90 Å². The molecule has 0 radical (unpaired) electrons. The molecule has 11 heteroatoms. The highest BCUT2D eigenvalue weighted by atomic mass is 19.4. The van der Waals surface area contributed by atoms with Gasteiger partial charge in [0, 0.05) is 19.3 Å². The summed E-state index contributed by atoms with van der Waals surface area (Å²) in [5.74, 6) is -0.781. The molecule has 1 amide bonds. The topological polar surface area (TPSA) is 50.2 Å². The number of nitrogens with one attached hydrogen (secondary N) is 1. The second-order valence-electron chi connectivity index (χ2n) is 6.37. The first-order valence-corrected chi connectivity index (χ1v) is 8.41. The van der Waals surface area contributed by atoms with Gasteiger partial charge in [0.25, 0.3) is 0 Å². The largest absolute Gasteiger partial charge is 0.435 e. The van der Waals surface area contributed by atoms with Crippen molar-refractivity contribution in [1.29, 1.82) is 0 Å². The van der Waals surface area contributed by atoms with Crippen LogP contribution in [0.15, 0.2) is 30.5 Å². The van der Waals surface area contributed by atoms with E-state index in [0.717, 1.165) is 35.9 Å². The lowest BCUT2D eigenvalue weighted by molar-refractivity contribution is -0.141. The van der Waals surface area contributed by atoms with E-state index in [2.05, 4.69) is 10.4 Å². The normalized spacial score (nSPS) is 15.1. The molecule has 0 unspecified atom stereocenters. The first kappa shape index (κ1) is 20.0. The summed E-state index contributed by atoms with van der Waals surface area (Å²) >= 11 is 0. The zero-order valence-electron chi connectivity index (χ0n) is 14.4. The number of anilines is 2. The molecular weight excluding hydrogens is 390 g/mol. The van der Waals surface area contributed by atoms with E-state index < -0.39 is 36.1 Å². The fraction of sp³-hybridized carbons (Fsp3) is 0.412. The third kappa shape index (κ3) is 4.57. The number of amides is 1. The molecule has 1 aliphatic rings. The quantitative estimate of drug-likeness (QED) is 0.776. The van der Waals surface area contributed by atoms with Crippen molar-refractivity contribution in [3.05, 3.63) is 41.7 Å². The number of aromatic nitrogens is 2. The molecule has 1 N–H and O–H groups in total. The van der Waals surface area contributed by atoms with Gasteiger partial charge in [0.1, 0.15) is 6.54 Å². The van der Waals surface area contributed by atoms with E-state index in [1.54, 1.807) is 0 Å². The van der Waals surface area contributed by atoms with Crippen molar-refractivity contribution in [3.8, 4) is 0 Å². The second kappa shape index (κ2) is 7.36. The third-order valence-corrected chi connectivity index (χ3v) is 4.28. The molecule has 0 aliphatic carbocycles. The number of benzene rings is 1. The predicted molar refractivity (Wildman–Crippen MR) is 88.7 cm³/mol. The van der Waals surface area contributed by atoms with Crippen molar-refractivity contribution in [2.75, 3.05) is 23.3 Å². The number of rotatable bonds is 4. The van der Waals surface area contributed by atoms with Crippen LogP contribution >= 0.6 is 0 Å². The van der Waals surface area contributed by atoms with E-state index in [0.29, 0.717) is 24.8 Å². The summed E-state index contributed by atoms with van der Waals surface area (Å²) in [6.45, 7) is 0.719. The van der Waals surface area contributed by atoms with Crippen LogP contribution in [-0.4, -0.2) is 28.8 Å². The van der Waals surface area contributed by atoms with Gasteiger partial charge < -0.3 is 10.2 Å². The summed E-state index contributed by atoms with van der Waals surface area (Å²) in [6, 6.07) is 3.77. The smallest absolute Gasteiger partial charge is 0.370 e. The van der Waals surface area contributed by atoms with Crippen LogP contribution in [0.1, 0.15) is 24.1 Å². The van der Waals surface area contributed by atoms with Crippen molar-refractivity contribution in [3.63, 3.8) is 0 Å². The standard InChI is InChI=1S/C17H16F6N4O/c18-16(19,20)11-3-4-13(26-6-1-2-7-26)12(9-11)24-15(28)10-27-8-5-14(25-27)17(21,22)23/h3-5,8-9H,1-2,6-7,10H2,(H,24,28). The first-order valence-electron chi connectivity index (χ1n) is 8.41. The monoisotopic (exact) mass is 406 g/mol. The molecule has 2 heterocycles. The number of carbonyl (C=O) groups excluding carboxylic acids is 1. The minimum atomic E-state index is -4.65. The highest BCUT2D eigenvalue weighted by molar-refractivity contribution is 5.94. The SMILES string of the molecule is O=C(Cn1ccc(C(F)(F)F)n1)Nc1cc(C(F)(F)F)ccc1N1CCCC1. The molecule has 0 bridgehead atoms. The maximum atomic E-state index is 13.0. The number of hydrogen-bond acceptors (Lipinski definition) is 3. The summed E-state index contributed by atoms with van der Waals surface area (Å²) in [4.78, 5) is 14.1. The molecule has 28 heavy (non-hydrogen) atoms. The van der Waals surface area contributed by atoms with E-state index in [-0.39, 0.29) is 5.69 Å². The molecule has 152 valence electrons. The zero-order valence-corrected chi connectivity index (χ0v) is 14.4. The van der Waals surface area contributed by atoms with Gasteiger partial charge in [-0.25, -0.2) is 0 Å². The molecule has 0 atom stereocenters. The van der Waals surface area contributed by atoms with Crippen LogP contribution in [-0.2, 0) is 23.7 Å². The van der Waals surface area contributed by atoms with Crippen LogP contribution < -0.4 is 10.2 Å². The highest BCUT2D eigenvalue weighted by Crippen LogP contribution is 2.36. The molecular formula is C17H16F6N4O. The van der Waals surface area contributed by atoms with Crippen LogP contribution in [0.25, 0.3) is 0 Å². The van der Waals surface area contributed by atoms with Gasteiger partial charge in [0.2, 0.25) is 5.91 Å². The Bertz CT molecular complexity index is 852. The Hall–Kier alpha value is -2.72.